The van der Waals surface area contributed by atoms with Crippen LogP contribution in [0.2, 0.25) is 0 Å². The standard InChI is InChI=1S/C59H62N4O/c1-56(2,3)43-28-29-60-55(35-43)63-52-25-19-18-24-50(52)51-27-26-48(37-53(51)63)64-49-31-41(40-20-14-12-15-21-40)30-47(36-49)62-39-61(38-54(62)58(7,8)9)46-33-44(57(4,5)6)32-45(34-46)59(10,11)42-22-16-13-17-23-42/h12-38H,39H2,1-11H3. The van der Waals surface area contributed by atoms with Gasteiger partial charge in [0.25, 0.3) is 0 Å². The molecule has 0 bridgehead atoms. The molecular formula is C59H62N4O. The first-order valence-electron chi connectivity index (χ1n) is 22.7. The lowest BCUT2D eigenvalue weighted by molar-refractivity contribution is 0.481. The Hall–Kier alpha value is -6.59. The highest BCUT2D eigenvalue weighted by Crippen LogP contribution is 2.44. The smallest absolute Gasteiger partial charge is 0.137 e. The van der Waals surface area contributed by atoms with Crippen LogP contribution < -0.4 is 14.5 Å². The molecule has 324 valence electrons. The lowest BCUT2D eigenvalue weighted by Crippen LogP contribution is -2.31. The summed E-state index contributed by atoms with van der Waals surface area (Å²) in [5.41, 5.74) is 12.7. The minimum Gasteiger partial charge on any atom is -0.457 e. The summed E-state index contributed by atoms with van der Waals surface area (Å²) < 4.78 is 9.28. The van der Waals surface area contributed by atoms with Crippen molar-refractivity contribution in [3.8, 4) is 28.4 Å². The van der Waals surface area contributed by atoms with E-state index in [9.17, 15) is 0 Å². The molecule has 2 aromatic heterocycles. The molecule has 8 aromatic rings. The maximum Gasteiger partial charge on any atom is 0.137 e. The van der Waals surface area contributed by atoms with Gasteiger partial charge in [-0.1, -0.05) is 161 Å². The molecule has 3 heterocycles. The number of hydrogen-bond acceptors (Lipinski definition) is 4. The van der Waals surface area contributed by atoms with Gasteiger partial charge in [0.15, 0.2) is 0 Å². The van der Waals surface area contributed by atoms with Gasteiger partial charge in [0.1, 0.15) is 17.3 Å². The van der Waals surface area contributed by atoms with Crippen LogP contribution in [-0.2, 0) is 16.2 Å². The number of benzene rings is 6. The second-order valence-corrected chi connectivity index (χ2v) is 21.2. The van der Waals surface area contributed by atoms with Crippen molar-refractivity contribution in [1.29, 1.82) is 0 Å². The minimum absolute atomic E-state index is 0.0146. The predicted molar refractivity (Wildman–Crippen MR) is 270 cm³/mol. The van der Waals surface area contributed by atoms with E-state index in [2.05, 4.69) is 248 Å². The Morgan fingerprint density at radius 1 is 0.469 bits per heavy atom. The molecule has 0 atom stereocenters. The Bertz CT molecular complexity index is 3030. The maximum atomic E-state index is 7.00. The van der Waals surface area contributed by atoms with Gasteiger partial charge in [0.2, 0.25) is 0 Å². The normalized spacial score (nSPS) is 13.8. The van der Waals surface area contributed by atoms with E-state index in [0.29, 0.717) is 6.67 Å². The lowest BCUT2D eigenvalue weighted by Gasteiger charge is -2.32. The van der Waals surface area contributed by atoms with Gasteiger partial charge in [-0.25, -0.2) is 4.98 Å². The molecule has 1 aliphatic rings. The van der Waals surface area contributed by atoms with Gasteiger partial charge in [0.05, 0.1) is 17.7 Å². The zero-order valence-corrected chi connectivity index (χ0v) is 39.5. The zero-order valence-electron chi connectivity index (χ0n) is 39.5. The first-order chi connectivity index (χ1) is 30.3. The Morgan fingerprint density at radius 3 is 1.83 bits per heavy atom. The highest BCUT2D eigenvalue weighted by atomic mass is 16.5. The molecule has 9 rings (SSSR count). The van der Waals surface area contributed by atoms with E-state index in [-0.39, 0.29) is 21.7 Å². The number of allylic oxidation sites excluding steroid dienone is 1. The third kappa shape index (κ3) is 8.20. The van der Waals surface area contributed by atoms with Crippen LogP contribution in [0, 0.1) is 5.41 Å². The average Bonchev–Trinajstić information content (AvgIpc) is 3.87. The Morgan fingerprint density at radius 2 is 1.12 bits per heavy atom. The number of ether oxygens (including phenoxy) is 1. The van der Waals surface area contributed by atoms with Gasteiger partial charge in [-0.3, -0.25) is 4.57 Å². The summed E-state index contributed by atoms with van der Waals surface area (Å²) in [5, 5.41) is 2.34. The number of anilines is 2. The van der Waals surface area contributed by atoms with Crippen LogP contribution in [0.25, 0.3) is 38.8 Å². The monoisotopic (exact) mass is 842 g/mol. The summed E-state index contributed by atoms with van der Waals surface area (Å²) in [6.07, 6.45) is 4.30. The largest absolute Gasteiger partial charge is 0.457 e. The van der Waals surface area contributed by atoms with Crippen molar-refractivity contribution in [3.63, 3.8) is 0 Å². The molecule has 0 saturated heterocycles. The van der Waals surface area contributed by atoms with Gasteiger partial charge in [-0.2, -0.15) is 0 Å². The number of hydrogen-bond donors (Lipinski definition) is 0. The lowest BCUT2D eigenvalue weighted by atomic mass is 9.75. The molecule has 64 heavy (non-hydrogen) atoms. The second-order valence-electron chi connectivity index (χ2n) is 21.2. The summed E-state index contributed by atoms with van der Waals surface area (Å²) >= 11 is 0. The number of pyridine rings is 1. The first kappa shape index (κ1) is 42.7. The van der Waals surface area contributed by atoms with Crippen molar-refractivity contribution in [2.24, 2.45) is 5.41 Å². The fourth-order valence-electron chi connectivity index (χ4n) is 9.05. The minimum atomic E-state index is -0.187. The molecule has 0 amide bonds. The van der Waals surface area contributed by atoms with E-state index >= 15 is 0 Å². The SMILES string of the molecule is CC(C)(C)C1=CN(c2cc(C(C)(C)C)cc(C(C)(C)c3ccccc3)c2)CN1c1cc(Oc2ccc3c4ccccc4n(-c4cc(C(C)(C)C)ccn4)c3c2)cc(-c2ccccc2)c1. The number of rotatable bonds is 8. The van der Waals surface area contributed by atoms with Crippen molar-refractivity contribution >= 4 is 33.2 Å². The second kappa shape index (κ2) is 15.9. The summed E-state index contributed by atoms with van der Waals surface area (Å²) in [6.45, 7) is 26.0. The van der Waals surface area contributed by atoms with E-state index in [1.165, 1.54) is 39.0 Å². The predicted octanol–water partition coefficient (Wildman–Crippen LogP) is 15.7. The van der Waals surface area contributed by atoms with Crippen molar-refractivity contribution in [3.05, 3.63) is 192 Å². The third-order valence-electron chi connectivity index (χ3n) is 13.0. The quantitative estimate of drug-likeness (QED) is 0.153. The molecule has 1 aliphatic heterocycles. The Balaban J connectivity index is 1.14. The molecule has 0 fully saturated rings. The summed E-state index contributed by atoms with van der Waals surface area (Å²) in [6, 6.07) is 54.8. The number of para-hydroxylation sites is 1. The van der Waals surface area contributed by atoms with Gasteiger partial charge in [-0.15, -0.1) is 0 Å². The van der Waals surface area contributed by atoms with Gasteiger partial charge >= 0.3 is 0 Å². The molecule has 6 aromatic carbocycles. The molecule has 0 unspecified atom stereocenters. The van der Waals surface area contributed by atoms with Crippen LogP contribution in [0.4, 0.5) is 11.4 Å². The fraction of sp³-hybridized carbons (Fsp3) is 0.271. The fourth-order valence-corrected chi connectivity index (χ4v) is 9.05. The first-order valence-corrected chi connectivity index (χ1v) is 22.7. The van der Waals surface area contributed by atoms with Crippen LogP contribution in [0.1, 0.15) is 98.4 Å². The Labute approximate surface area is 380 Å². The highest BCUT2D eigenvalue weighted by Gasteiger charge is 2.34. The molecule has 0 spiro atoms. The van der Waals surface area contributed by atoms with E-state index < -0.39 is 0 Å². The van der Waals surface area contributed by atoms with Crippen molar-refractivity contribution in [2.75, 3.05) is 16.5 Å². The van der Waals surface area contributed by atoms with Crippen molar-refractivity contribution < 1.29 is 4.74 Å². The zero-order chi connectivity index (χ0) is 45.2. The molecule has 0 saturated carbocycles. The average molecular weight is 843 g/mol. The van der Waals surface area contributed by atoms with Crippen molar-refractivity contribution in [1.82, 2.24) is 9.55 Å². The van der Waals surface area contributed by atoms with Crippen molar-refractivity contribution in [2.45, 2.75) is 92.4 Å². The van der Waals surface area contributed by atoms with E-state index in [0.717, 1.165) is 50.6 Å². The Kier molecular flexibility index (Phi) is 10.6. The molecule has 0 radical (unpaired) electrons. The van der Waals surface area contributed by atoms with Crippen LogP contribution in [-0.4, -0.2) is 16.2 Å². The summed E-state index contributed by atoms with van der Waals surface area (Å²) in [7, 11) is 0. The summed E-state index contributed by atoms with van der Waals surface area (Å²) in [4.78, 5) is 9.83. The molecule has 0 N–H and O–H groups in total. The van der Waals surface area contributed by atoms with Crippen LogP contribution in [0.3, 0.4) is 0 Å². The van der Waals surface area contributed by atoms with E-state index in [4.69, 9.17) is 9.72 Å². The highest BCUT2D eigenvalue weighted by molar-refractivity contribution is 6.09. The molecule has 0 aliphatic carbocycles. The molecule has 5 nitrogen and oxygen atoms in total. The number of nitrogens with zero attached hydrogens (tertiary/aromatic N) is 4. The summed E-state index contributed by atoms with van der Waals surface area (Å²) in [5.74, 6) is 2.44. The van der Waals surface area contributed by atoms with Gasteiger partial charge in [0, 0.05) is 63.2 Å². The van der Waals surface area contributed by atoms with Crippen LogP contribution >= 0.6 is 0 Å². The number of fused-ring (bicyclic) bond motifs is 3. The van der Waals surface area contributed by atoms with Gasteiger partial charge in [-0.05, 0) is 98.8 Å². The number of aromatic nitrogens is 2. The third-order valence-corrected chi connectivity index (χ3v) is 13.0. The topological polar surface area (TPSA) is 33.5 Å². The molecular weight excluding hydrogens is 781 g/mol. The molecule has 5 heteroatoms. The maximum absolute atomic E-state index is 7.00. The van der Waals surface area contributed by atoms with Crippen LogP contribution in [0.5, 0.6) is 11.5 Å². The van der Waals surface area contributed by atoms with E-state index in [1.807, 2.05) is 6.20 Å². The van der Waals surface area contributed by atoms with E-state index in [1.54, 1.807) is 0 Å². The van der Waals surface area contributed by atoms with Gasteiger partial charge < -0.3 is 14.5 Å². The van der Waals surface area contributed by atoms with Crippen LogP contribution in [0.15, 0.2) is 170 Å².